The van der Waals surface area contributed by atoms with E-state index in [-0.39, 0.29) is 42.9 Å². The van der Waals surface area contributed by atoms with Crippen molar-refractivity contribution in [3.63, 3.8) is 0 Å². The number of rotatable bonds is 12. The van der Waals surface area contributed by atoms with Crippen LogP contribution in [-0.2, 0) is 28.6 Å². The Morgan fingerprint density at radius 3 is 1.82 bits per heavy atom. The fourth-order valence-corrected chi connectivity index (χ4v) is 3.56. The molecule has 0 bridgehead atoms. The Morgan fingerprint density at radius 1 is 0.711 bits per heavy atom. The van der Waals surface area contributed by atoms with Crippen molar-refractivity contribution in [2.75, 3.05) is 13.6 Å². The molecule has 0 unspecified atom stereocenters. The molecule has 2 aromatic rings. The summed E-state index contributed by atoms with van der Waals surface area (Å²) in [7, 11) is 0. The second-order valence-electron chi connectivity index (χ2n) is 8.16. The first-order chi connectivity index (χ1) is 18.4. The van der Waals surface area contributed by atoms with Crippen LogP contribution in [0.3, 0.4) is 0 Å². The van der Waals surface area contributed by atoms with Gasteiger partial charge in [0.2, 0.25) is 6.79 Å². The van der Waals surface area contributed by atoms with Gasteiger partial charge in [0, 0.05) is 12.2 Å². The van der Waals surface area contributed by atoms with Gasteiger partial charge in [-0.2, -0.15) is 0 Å². The maximum absolute atomic E-state index is 12.5. The van der Waals surface area contributed by atoms with Crippen molar-refractivity contribution in [3.8, 4) is 17.2 Å². The normalized spacial score (nSPS) is 16.4. The Morgan fingerprint density at radius 2 is 1.24 bits per heavy atom. The predicted molar refractivity (Wildman–Crippen MR) is 133 cm³/mol. The summed E-state index contributed by atoms with van der Waals surface area (Å²) in [6.07, 6.45) is 4.49. The van der Waals surface area contributed by atoms with Gasteiger partial charge in [0.15, 0.2) is 6.79 Å². The lowest BCUT2D eigenvalue weighted by Gasteiger charge is -2.27. The minimum Gasteiger partial charge on any atom is -0.457 e. The molecule has 200 valence electrons. The SMILES string of the molecule is C=CC(=O)OCOc1ccc(C(=O)Oc2ccc(OC(=O)C3CCC(OCOC(=O)C=C)CC3)cc2)cc1. The second-order valence-corrected chi connectivity index (χ2v) is 8.16. The topological polar surface area (TPSA) is 124 Å². The summed E-state index contributed by atoms with van der Waals surface area (Å²) in [6, 6.07) is 12.3. The van der Waals surface area contributed by atoms with E-state index in [1.54, 1.807) is 12.1 Å². The van der Waals surface area contributed by atoms with Gasteiger partial charge in [-0.3, -0.25) is 4.79 Å². The molecule has 3 rings (SSSR count). The molecule has 0 radical (unpaired) electrons. The van der Waals surface area contributed by atoms with Crippen LogP contribution in [0.5, 0.6) is 17.2 Å². The van der Waals surface area contributed by atoms with Crippen LogP contribution in [-0.4, -0.2) is 43.6 Å². The highest BCUT2D eigenvalue weighted by atomic mass is 16.7. The van der Waals surface area contributed by atoms with Crippen molar-refractivity contribution < 1.29 is 47.6 Å². The molecule has 10 nitrogen and oxygen atoms in total. The van der Waals surface area contributed by atoms with Crippen molar-refractivity contribution in [2.24, 2.45) is 5.92 Å². The Bertz CT molecular complexity index is 1130. The average Bonchev–Trinajstić information content (AvgIpc) is 2.94. The fraction of sp³-hybridized carbons (Fsp3) is 0.286. The summed E-state index contributed by atoms with van der Waals surface area (Å²) in [4.78, 5) is 47.0. The minimum atomic E-state index is -0.606. The van der Waals surface area contributed by atoms with Crippen LogP contribution in [0.15, 0.2) is 73.8 Å². The maximum atomic E-state index is 12.5. The number of hydrogen-bond acceptors (Lipinski definition) is 10. The highest BCUT2D eigenvalue weighted by molar-refractivity contribution is 5.91. The third kappa shape index (κ3) is 8.90. The molecular formula is C28H28O10. The number of ether oxygens (including phenoxy) is 6. The summed E-state index contributed by atoms with van der Waals surface area (Å²) in [5.41, 5.74) is 0.286. The first-order valence-corrected chi connectivity index (χ1v) is 11.8. The molecule has 10 heteroatoms. The van der Waals surface area contributed by atoms with Crippen molar-refractivity contribution in [3.05, 3.63) is 79.4 Å². The average molecular weight is 525 g/mol. The van der Waals surface area contributed by atoms with Gasteiger partial charge in [-0.25, -0.2) is 14.4 Å². The van der Waals surface area contributed by atoms with Gasteiger partial charge in [0.05, 0.1) is 17.6 Å². The van der Waals surface area contributed by atoms with Gasteiger partial charge in [-0.05, 0) is 74.2 Å². The number of hydrogen-bond donors (Lipinski definition) is 0. The van der Waals surface area contributed by atoms with Crippen LogP contribution in [0.4, 0.5) is 0 Å². The number of carbonyl (C=O) groups is 4. The van der Waals surface area contributed by atoms with Crippen LogP contribution in [0.2, 0.25) is 0 Å². The third-order valence-corrected chi connectivity index (χ3v) is 5.62. The predicted octanol–water partition coefficient (Wildman–Crippen LogP) is 4.14. The lowest BCUT2D eigenvalue weighted by Crippen LogP contribution is -2.29. The van der Waals surface area contributed by atoms with Gasteiger partial charge >= 0.3 is 23.9 Å². The lowest BCUT2D eigenvalue weighted by atomic mass is 9.87. The van der Waals surface area contributed by atoms with Gasteiger partial charge in [-0.15, -0.1) is 0 Å². The van der Waals surface area contributed by atoms with E-state index in [1.165, 1.54) is 36.4 Å². The summed E-state index contributed by atoms with van der Waals surface area (Å²) >= 11 is 0. The van der Waals surface area contributed by atoms with Crippen LogP contribution in [0.25, 0.3) is 0 Å². The summed E-state index contributed by atoms with van der Waals surface area (Å²) < 4.78 is 31.1. The molecule has 0 N–H and O–H groups in total. The van der Waals surface area contributed by atoms with Crippen LogP contribution >= 0.6 is 0 Å². The molecule has 2 aromatic carbocycles. The molecule has 1 saturated carbocycles. The monoisotopic (exact) mass is 524 g/mol. The lowest BCUT2D eigenvalue weighted by molar-refractivity contribution is -0.157. The third-order valence-electron chi connectivity index (χ3n) is 5.62. The number of carbonyl (C=O) groups excluding carboxylic acids is 4. The fourth-order valence-electron chi connectivity index (χ4n) is 3.56. The van der Waals surface area contributed by atoms with Crippen molar-refractivity contribution in [2.45, 2.75) is 31.8 Å². The minimum absolute atomic E-state index is 0.0867. The van der Waals surface area contributed by atoms with Crippen molar-refractivity contribution >= 4 is 23.9 Å². The number of esters is 4. The molecule has 0 spiro atoms. The molecule has 1 fully saturated rings. The van der Waals surface area contributed by atoms with Crippen LogP contribution in [0.1, 0.15) is 36.0 Å². The standard InChI is InChI=1S/C28H28O10/c1-3-25(29)35-17-33-21-9-5-19(6-10-21)27(31)37-23-13-15-24(16-14-23)38-28(32)20-7-11-22(12-8-20)34-18-36-26(30)4-2/h3-6,9-10,13-16,20,22H,1-2,7-8,11-12,17-18H2. The first kappa shape index (κ1) is 28.1. The van der Waals surface area contributed by atoms with Crippen LogP contribution < -0.4 is 14.2 Å². The van der Waals surface area contributed by atoms with E-state index >= 15 is 0 Å². The smallest absolute Gasteiger partial charge is 0.343 e. The van der Waals surface area contributed by atoms with E-state index in [4.69, 9.17) is 28.4 Å². The molecule has 1 aliphatic rings. The van der Waals surface area contributed by atoms with Crippen molar-refractivity contribution in [1.82, 2.24) is 0 Å². The Balaban J connectivity index is 1.40. The molecule has 1 aliphatic carbocycles. The van der Waals surface area contributed by atoms with E-state index in [0.717, 1.165) is 12.2 Å². The summed E-state index contributed by atoms with van der Waals surface area (Å²) in [5, 5.41) is 0. The maximum Gasteiger partial charge on any atom is 0.343 e. The van der Waals surface area contributed by atoms with Gasteiger partial charge in [0.1, 0.15) is 17.2 Å². The van der Waals surface area contributed by atoms with E-state index in [0.29, 0.717) is 37.2 Å². The molecule has 38 heavy (non-hydrogen) atoms. The van der Waals surface area contributed by atoms with Gasteiger partial charge in [-0.1, -0.05) is 13.2 Å². The first-order valence-electron chi connectivity index (χ1n) is 11.8. The van der Waals surface area contributed by atoms with Gasteiger partial charge < -0.3 is 28.4 Å². The van der Waals surface area contributed by atoms with E-state index in [9.17, 15) is 19.2 Å². The van der Waals surface area contributed by atoms with Crippen molar-refractivity contribution in [1.29, 1.82) is 0 Å². The molecule has 0 saturated heterocycles. The second kappa shape index (κ2) is 14.3. The highest BCUT2D eigenvalue weighted by Crippen LogP contribution is 2.28. The molecule has 0 heterocycles. The zero-order chi connectivity index (χ0) is 27.3. The molecule has 0 amide bonds. The van der Waals surface area contributed by atoms with Gasteiger partial charge in [0.25, 0.3) is 0 Å². The highest BCUT2D eigenvalue weighted by Gasteiger charge is 2.28. The molecule has 0 aromatic heterocycles. The zero-order valence-electron chi connectivity index (χ0n) is 20.7. The summed E-state index contributed by atoms with van der Waals surface area (Å²) in [6.45, 7) is 6.18. The summed E-state index contributed by atoms with van der Waals surface area (Å²) in [5.74, 6) is -1.32. The number of benzene rings is 2. The van der Waals surface area contributed by atoms with E-state index < -0.39 is 17.9 Å². The zero-order valence-corrected chi connectivity index (χ0v) is 20.7. The largest absolute Gasteiger partial charge is 0.457 e. The van der Waals surface area contributed by atoms with Crippen LogP contribution in [0, 0.1) is 5.92 Å². The molecule has 0 atom stereocenters. The van der Waals surface area contributed by atoms with E-state index in [1.807, 2.05) is 0 Å². The Kier molecular flexibility index (Phi) is 10.6. The molecular weight excluding hydrogens is 496 g/mol. The quantitative estimate of drug-likeness (QED) is 0.173. The van der Waals surface area contributed by atoms with E-state index in [2.05, 4.69) is 13.2 Å². The Labute approximate surface area is 219 Å². The Hall–Kier alpha value is -4.44. The molecule has 0 aliphatic heterocycles.